The molecule has 4 heteroatoms. The fraction of sp³-hybridized carbons (Fsp3) is 0.636. The van der Waals surface area contributed by atoms with Crippen molar-refractivity contribution in [2.45, 2.75) is 19.8 Å². The van der Waals surface area contributed by atoms with Crippen LogP contribution in [0.5, 0.6) is 0 Å². The summed E-state index contributed by atoms with van der Waals surface area (Å²) in [6, 6.07) is 0. The Kier molecular flexibility index (Phi) is 4.42. The van der Waals surface area contributed by atoms with Crippen LogP contribution in [0.3, 0.4) is 0 Å². The second kappa shape index (κ2) is 5.37. The van der Waals surface area contributed by atoms with Crippen LogP contribution in [0, 0.1) is 11.4 Å². The number of rotatable bonds is 6. The number of anilines is 1. The molecule has 0 aliphatic carbocycles. The first-order valence-corrected chi connectivity index (χ1v) is 5.63. The zero-order valence-corrected chi connectivity index (χ0v) is 10.4. The van der Waals surface area contributed by atoms with Gasteiger partial charge in [-0.3, -0.25) is 4.79 Å². The number of nitrogens with one attached hydrogen (secondary N) is 1. The van der Waals surface area contributed by atoms with Gasteiger partial charge < -0.3 is 10.2 Å². The van der Waals surface area contributed by atoms with Crippen molar-refractivity contribution in [3.05, 3.63) is 20.3 Å². The fourth-order valence-electron chi connectivity index (χ4n) is 1.48. The van der Waals surface area contributed by atoms with Crippen LogP contribution in [-0.2, 0) is 0 Å². The summed E-state index contributed by atoms with van der Waals surface area (Å²) in [4.78, 5) is 13.4. The maximum absolute atomic E-state index is 11.3. The van der Waals surface area contributed by atoms with Crippen LogP contribution in [0.1, 0.15) is 18.4 Å². The van der Waals surface area contributed by atoms with E-state index in [-0.39, 0.29) is 5.43 Å². The van der Waals surface area contributed by atoms with Gasteiger partial charge in [0.05, 0.1) is 10.2 Å². The van der Waals surface area contributed by atoms with Crippen molar-refractivity contribution in [3.8, 4) is 0 Å². The van der Waals surface area contributed by atoms with Crippen molar-refractivity contribution >= 4 is 17.9 Å². The highest BCUT2D eigenvalue weighted by Gasteiger charge is 2.11. The van der Waals surface area contributed by atoms with Crippen LogP contribution < -0.4 is 10.7 Å². The molecule has 3 nitrogen and oxygen atoms in total. The zero-order valence-electron chi connectivity index (χ0n) is 9.59. The third-order valence-electron chi connectivity index (χ3n) is 2.48. The molecule has 0 saturated heterocycles. The van der Waals surface area contributed by atoms with E-state index in [0.29, 0.717) is 4.51 Å². The van der Waals surface area contributed by atoms with Gasteiger partial charge in [-0.2, -0.15) is 0 Å². The average Bonchev–Trinajstić information content (AvgIpc) is 2.21. The highest BCUT2D eigenvalue weighted by Crippen LogP contribution is 2.13. The highest BCUT2D eigenvalue weighted by molar-refractivity contribution is 7.71. The van der Waals surface area contributed by atoms with E-state index in [2.05, 4.69) is 24.3 Å². The van der Waals surface area contributed by atoms with Crippen LogP contribution in [0.4, 0.5) is 5.69 Å². The maximum Gasteiger partial charge on any atom is 0.220 e. The van der Waals surface area contributed by atoms with Crippen molar-refractivity contribution in [1.29, 1.82) is 0 Å². The first-order chi connectivity index (χ1) is 7.04. The van der Waals surface area contributed by atoms with Gasteiger partial charge in [-0.05, 0) is 46.0 Å². The van der Waals surface area contributed by atoms with Gasteiger partial charge in [0.15, 0.2) is 0 Å². The Labute approximate surface area is 95.8 Å². The minimum atomic E-state index is 0.00936. The van der Waals surface area contributed by atoms with Gasteiger partial charge in [-0.1, -0.05) is 12.2 Å². The number of hydrogen-bond donors (Lipinski definition) is 1. The minimum absolute atomic E-state index is 0.00936. The lowest BCUT2D eigenvalue weighted by atomic mass is 10.1. The summed E-state index contributed by atoms with van der Waals surface area (Å²) in [5, 5.41) is 3.15. The van der Waals surface area contributed by atoms with Gasteiger partial charge in [0, 0.05) is 6.54 Å². The number of unbranched alkanes of at least 4 members (excludes halogenated alkanes) is 1. The SMILES string of the molecule is Cc1c(NCCCCN(C)C)c(=O)c1=S. The molecule has 0 amide bonds. The third-order valence-corrected chi connectivity index (χ3v) is 2.97. The molecule has 1 aromatic carbocycles. The Morgan fingerprint density at radius 3 is 2.53 bits per heavy atom. The zero-order chi connectivity index (χ0) is 11.4. The molecule has 84 valence electrons. The predicted molar refractivity (Wildman–Crippen MR) is 66.9 cm³/mol. The summed E-state index contributed by atoms with van der Waals surface area (Å²) < 4.78 is 0.491. The van der Waals surface area contributed by atoms with Crippen molar-refractivity contribution in [2.75, 3.05) is 32.5 Å². The summed E-state index contributed by atoms with van der Waals surface area (Å²) in [5.41, 5.74) is 1.68. The second-order valence-corrected chi connectivity index (χ2v) is 4.50. The van der Waals surface area contributed by atoms with Crippen LogP contribution in [-0.4, -0.2) is 32.1 Å². The van der Waals surface area contributed by atoms with E-state index in [1.807, 2.05) is 6.92 Å². The molecule has 0 heterocycles. The van der Waals surface area contributed by atoms with E-state index in [0.717, 1.165) is 37.2 Å². The molecule has 0 bridgehead atoms. The van der Waals surface area contributed by atoms with Crippen LogP contribution in [0.2, 0.25) is 0 Å². The van der Waals surface area contributed by atoms with Gasteiger partial charge in [0.2, 0.25) is 5.43 Å². The lowest BCUT2D eigenvalue weighted by Crippen LogP contribution is -2.21. The van der Waals surface area contributed by atoms with E-state index in [4.69, 9.17) is 12.2 Å². The third kappa shape index (κ3) is 3.11. The standard InChI is InChI=1S/C11H18N2OS/c1-8-9(10(14)11(8)15)12-6-4-5-7-13(2)3/h12H,4-7H2,1-3H3. The van der Waals surface area contributed by atoms with E-state index in [1.165, 1.54) is 0 Å². The van der Waals surface area contributed by atoms with Crippen LogP contribution in [0.25, 0.3) is 0 Å². The maximum atomic E-state index is 11.3. The Hall–Kier alpha value is -0.740. The fourth-order valence-corrected chi connectivity index (χ4v) is 1.69. The molecule has 0 aliphatic heterocycles. The normalized spacial score (nSPS) is 11.2. The molecular formula is C11H18N2OS. The van der Waals surface area contributed by atoms with Gasteiger partial charge in [0.25, 0.3) is 0 Å². The van der Waals surface area contributed by atoms with Crippen LogP contribution >= 0.6 is 12.2 Å². The van der Waals surface area contributed by atoms with Gasteiger partial charge in [0.1, 0.15) is 0 Å². The van der Waals surface area contributed by atoms with Crippen molar-refractivity contribution in [2.24, 2.45) is 0 Å². The second-order valence-electron chi connectivity index (χ2n) is 4.10. The quantitative estimate of drug-likeness (QED) is 0.591. The molecule has 0 radical (unpaired) electrons. The molecule has 0 fully saturated rings. The van der Waals surface area contributed by atoms with E-state index in [1.54, 1.807) is 0 Å². The summed E-state index contributed by atoms with van der Waals surface area (Å²) >= 11 is 4.89. The lowest BCUT2D eigenvalue weighted by Gasteiger charge is -2.12. The molecule has 0 aliphatic rings. The Bertz CT molecular complexity index is 391. The van der Waals surface area contributed by atoms with E-state index >= 15 is 0 Å². The van der Waals surface area contributed by atoms with Gasteiger partial charge >= 0.3 is 0 Å². The molecule has 0 atom stereocenters. The van der Waals surface area contributed by atoms with E-state index in [9.17, 15) is 4.79 Å². The minimum Gasteiger partial charge on any atom is -0.382 e. The molecule has 15 heavy (non-hydrogen) atoms. The molecular weight excluding hydrogens is 208 g/mol. The molecule has 0 aromatic heterocycles. The predicted octanol–water partition coefficient (Wildman–Crippen LogP) is 1.71. The van der Waals surface area contributed by atoms with Gasteiger partial charge in [-0.25, -0.2) is 0 Å². The van der Waals surface area contributed by atoms with Crippen molar-refractivity contribution < 1.29 is 0 Å². The topological polar surface area (TPSA) is 32.3 Å². The Morgan fingerprint density at radius 1 is 1.33 bits per heavy atom. The van der Waals surface area contributed by atoms with Crippen molar-refractivity contribution in [1.82, 2.24) is 4.90 Å². The first kappa shape index (κ1) is 12.3. The Morgan fingerprint density at radius 2 is 2.00 bits per heavy atom. The smallest absolute Gasteiger partial charge is 0.220 e. The average molecular weight is 226 g/mol. The molecule has 1 aromatic rings. The summed E-state index contributed by atoms with van der Waals surface area (Å²) in [6.07, 6.45) is 2.22. The molecule has 0 spiro atoms. The summed E-state index contributed by atoms with van der Waals surface area (Å²) in [5.74, 6) is 0. The molecule has 1 rings (SSSR count). The number of hydrogen-bond acceptors (Lipinski definition) is 4. The highest BCUT2D eigenvalue weighted by atomic mass is 32.1. The number of nitrogens with zero attached hydrogens (tertiary/aromatic N) is 1. The largest absolute Gasteiger partial charge is 0.382 e. The monoisotopic (exact) mass is 226 g/mol. The Balaban J connectivity index is 2.22. The van der Waals surface area contributed by atoms with E-state index < -0.39 is 0 Å². The van der Waals surface area contributed by atoms with Gasteiger partial charge in [-0.15, -0.1) is 0 Å². The van der Waals surface area contributed by atoms with Crippen molar-refractivity contribution in [3.63, 3.8) is 0 Å². The summed E-state index contributed by atoms with van der Waals surface area (Å²) in [7, 11) is 4.13. The van der Waals surface area contributed by atoms with Crippen LogP contribution in [0.15, 0.2) is 4.79 Å². The molecule has 0 saturated carbocycles. The molecule has 0 unspecified atom stereocenters. The first-order valence-electron chi connectivity index (χ1n) is 5.22. The molecule has 1 N–H and O–H groups in total. The summed E-state index contributed by atoms with van der Waals surface area (Å²) in [6.45, 7) is 3.84. The lowest BCUT2D eigenvalue weighted by molar-refractivity contribution is 0.396.